The third-order valence-corrected chi connectivity index (χ3v) is 5.09. The van der Waals surface area contributed by atoms with Crippen LogP contribution in [0.25, 0.3) is 0 Å². The van der Waals surface area contributed by atoms with Gasteiger partial charge in [-0.15, -0.1) is 11.3 Å². The molecule has 0 bridgehead atoms. The molecule has 3 rings (SSSR count). The van der Waals surface area contributed by atoms with Crippen molar-refractivity contribution in [2.24, 2.45) is 9.98 Å². The zero-order chi connectivity index (χ0) is 18.6. The molecule has 2 aromatic carbocycles. The SMILES string of the molecule is Cc1ccccc1N=Cc1ccc(C=Nc2ccccc2C(C)(C)C)s1. The third-order valence-electron chi connectivity index (χ3n) is 4.14. The molecular weight excluding hydrogens is 336 g/mol. The second kappa shape index (κ2) is 7.79. The largest absolute Gasteiger partial charge is 0.255 e. The highest BCUT2D eigenvalue weighted by atomic mass is 32.1. The molecule has 0 spiro atoms. The number of rotatable bonds is 4. The molecule has 1 aromatic heterocycles. The molecule has 0 N–H and O–H groups in total. The van der Waals surface area contributed by atoms with E-state index in [9.17, 15) is 0 Å². The van der Waals surface area contributed by atoms with Gasteiger partial charge in [0.1, 0.15) is 0 Å². The molecule has 0 saturated carbocycles. The summed E-state index contributed by atoms with van der Waals surface area (Å²) in [6.07, 6.45) is 3.87. The Labute approximate surface area is 160 Å². The average molecular weight is 361 g/mol. The molecule has 0 fully saturated rings. The first-order valence-corrected chi connectivity index (χ1v) is 9.58. The fraction of sp³-hybridized carbons (Fsp3) is 0.217. The number of hydrogen-bond acceptors (Lipinski definition) is 3. The van der Waals surface area contributed by atoms with Crippen LogP contribution in [0.3, 0.4) is 0 Å². The molecule has 3 heteroatoms. The number of benzene rings is 2. The number of aliphatic imine (C=N–C) groups is 2. The maximum absolute atomic E-state index is 4.73. The van der Waals surface area contributed by atoms with Gasteiger partial charge in [0, 0.05) is 22.2 Å². The lowest BCUT2D eigenvalue weighted by Gasteiger charge is -2.20. The molecule has 0 atom stereocenters. The first-order valence-electron chi connectivity index (χ1n) is 8.76. The van der Waals surface area contributed by atoms with E-state index >= 15 is 0 Å². The second-order valence-corrected chi connectivity index (χ2v) is 8.46. The predicted molar refractivity (Wildman–Crippen MR) is 115 cm³/mol. The lowest BCUT2D eigenvalue weighted by molar-refractivity contribution is 0.591. The van der Waals surface area contributed by atoms with Crippen molar-refractivity contribution >= 4 is 35.1 Å². The summed E-state index contributed by atoms with van der Waals surface area (Å²) in [4.78, 5) is 11.6. The molecule has 2 nitrogen and oxygen atoms in total. The monoisotopic (exact) mass is 360 g/mol. The molecule has 0 amide bonds. The summed E-state index contributed by atoms with van der Waals surface area (Å²) >= 11 is 1.69. The molecule has 0 aliphatic rings. The fourth-order valence-electron chi connectivity index (χ4n) is 2.70. The molecule has 0 aliphatic carbocycles. The van der Waals surface area contributed by atoms with E-state index in [4.69, 9.17) is 4.99 Å². The van der Waals surface area contributed by atoms with E-state index in [1.165, 1.54) is 11.1 Å². The maximum Gasteiger partial charge on any atom is 0.0667 e. The van der Waals surface area contributed by atoms with Gasteiger partial charge in [-0.1, -0.05) is 57.2 Å². The summed E-state index contributed by atoms with van der Waals surface area (Å²) < 4.78 is 0. The summed E-state index contributed by atoms with van der Waals surface area (Å²) in [5.74, 6) is 0. The lowest BCUT2D eigenvalue weighted by Crippen LogP contribution is -2.10. The Balaban J connectivity index is 1.77. The van der Waals surface area contributed by atoms with Crippen LogP contribution in [0.15, 0.2) is 70.6 Å². The van der Waals surface area contributed by atoms with Crippen molar-refractivity contribution < 1.29 is 0 Å². The van der Waals surface area contributed by atoms with Crippen LogP contribution in [0, 0.1) is 6.92 Å². The molecule has 1 heterocycles. The van der Waals surface area contributed by atoms with Crippen LogP contribution >= 0.6 is 11.3 Å². The van der Waals surface area contributed by atoms with Crippen LogP contribution in [0.5, 0.6) is 0 Å². The number of aryl methyl sites for hydroxylation is 1. The first-order chi connectivity index (χ1) is 12.4. The standard InChI is InChI=1S/C23H24N2S/c1-17-9-5-7-11-21(17)24-15-18-13-14-19(26-18)16-25-22-12-8-6-10-20(22)23(2,3)4/h5-16H,1-4H3. The highest BCUT2D eigenvalue weighted by molar-refractivity contribution is 7.15. The van der Waals surface area contributed by atoms with E-state index in [0.29, 0.717) is 0 Å². The van der Waals surface area contributed by atoms with Crippen molar-refractivity contribution in [3.63, 3.8) is 0 Å². The van der Waals surface area contributed by atoms with Gasteiger partial charge in [0.15, 0.2) is 0 Å². The zero-order valence-corrected chi connectivity index (χ0v) is 16.5. The Morgan fingerprint density at radius 1 is 0.731 bits per heavy atom. The molecule has 132 valence electrons. The van der Waals surface area contributed by atoms with Crippen molar-refractivity contribution in [1.82, 2.24) is 0 Å². The predicted octanol–water partition coefficient (Wildman–Crippen LogP) is 6.86. The van der Waals surface area contributed by atoms with Crippen molar-refractivity contribution in [2.75, 3.05) is 0 Å². The molecule has 0 unspecified atom stereocenters. The van der Waals surface area contributed by atoms with E-state index in [0.717, 1.165) is 21.1 Å². The van der Waals surface area contributed by atoms with Gasteiger partial charge in [0.05, 0.1) is 11.4 Å². The highest BCUT2D eigenvalue weighted by Gasteiger charge is 2.16. The molecule has 3 aromatic rings. The smallest absolute Gasteiger partial charge is 0.0667 e. The normalized spacial score (nSPS) is 12.3. The lowest BCUT2D eigenvalue weighted by atomic mass is 9.86. The minimum atomic E-state index is 0.0781. The summed E-state index contributed by atoms with van der Waals surface area (Å²) in [7, 11) is 0. The average Bonchev–Trinajstić information content (AvgIpc) is 3.07. The maximum atomic E-state index is 4.73. The Morgan fingerprint density at radius 3 is 1.88 bits per heavy atom. The minimum Gasteiger partial charge on any atom is -0.255 e. The molecular formula is C23H24N2S. The Morgan fingerprint density at radius 2 is 1.27 bits per heavy atom. The van der Waals surface area contributed by atoms with Crippen LogP contribution in [0.4, 0.5) is 11.4 Å². The molecule has 0 radical (unpaired) electrons. The van der Waals surface area contributed by atoms with Gasteiger partial charge >= 0.3 is 0 Å². The van der Waals surface area contributed by atoms with Crippen molar-refractivity contribution in [3.8, 4) is 0 Å². The van der Waals surface area contributed by atoms with E-state index in [2.05, 4.69) is 69.1 Å². The first kappa shape index (κ1) is 18.3. The number of hydrogen-bond donors (Lipinski definition) is 0. The van der Waals surface area contributed by atoms with Crippen LogP contribution in [0.1, 0.15) is 41.7 Å². The van der Waals surface area contributed by atoms with E-state index in [1.807, 2.05) is 36.7 Å². The molecule has 26 heavy (non-hydrogen) atoms. The van der Waals surface area contributed by atoms with Crippen molar-refractivity contribution in [2.45, 2.75) is 33.1 Å². The number of thiophene rings is 1. The topological polar surface area (TPSA) is 24.7 Å². The van der Waals surface area contributed by atoms with Gasteiger partial charge in [-0.3, -0.25) is 9.98 Å². The van der Waals surface area contributed by atoms with Gasteiger partial charge in [-0.2, -0.15) is 0 Å². The highest BCUT2D eigenvalue weighted by Crippen LogP contribution is 2.31. The Bertz CT molecular complexity index is 943. The molecule has 0 aliphatic heterocycles. The summed E-state index contributed by atoms with van der Waals surface area (Å²) in [5, 5.41) is 0. The van der Waals surface area contributed by atoms with E-state index < -0.39 is 0 Å². The minimum absolute atomic E-state index is 0.0781. The quantitative estimate of drug-likeness (QED) is 0.454. The van der Waals surface area contributed by atoms with Gasteiger partial charge in [0.2, 0.25) is 0 Å². The van der Waals surface area contributed by atoms with Crippen molar-refractivity contribution in [1.29, 1.82) is 0 Å². The van der Waals surface area contributed by atoms with Gasteiger partial charge in [0.25, 0.3) is 0 Å². The second-order valence-electron chi connectivity index (χ2n) is 7.31. The van der Waals surface area contributed by atoms with E-state index in [1.54, 1.807) is 11.3 Å². The Kier molecular flexibility index (Phi) is 5.48. The van der Waals surface area contributed by atoms with Crippen molar-refractivity contribution in [3.05, 3.63) is 81.5 Å². The molecule has 0 saturated heterocycles. The number of para-hydroxylation sites is 2. The summed E-state index contributed by atoms with van der Waals surface area (Å²) in [5.41, 5.74) is 4.56. The Hall–Kier alpha value is -2.52. The van der Waals surface area contributed by atoms with Gasteiger partial charge < -0.3 is 0 Å². The third kappa shape index (κ3) is 4.55. The summed E-state index contributed by atoms with van der Waals surface area (Å²) in [6, 6.07) is 20.7. The van der Waals surface area contributed by atoms with Gasteiger partial charge in [-0.05, 0) is 47.7 Å². The van der Waals surface area contributed by atoms with Crippen LogP contribution < -0.4 is 0 Å². The van der Waals surface area contributed by atoms with Crippen LogP contribution in [-0.4, -0.2) is 12.4 Å². The zero-order valence-electron chi connectivity index (χ0n) is 15.7. The van der Waals surface area contributed by atoms with Gasteiger partial charge in [-0.25, -0.2) is 0 Å². The fourth-order valence-corrected chi connectivity index (χ4v) is 3.46. The summed E-state index contributed by atoms with van der Waals surface area (Å²) in [6.45, 7) is 8.72. The number of nitrogens with zero attached hydrogens (tertiary/aromatic N) is 2. The van der Waals surface area contributed by atoms with E-state index in [-0.39, 0.29) is 5.41 Å². The van der Waals surface area contributed by atoms with Crippen LogP contribution in [0.2, 0.25) is 0 Å². The van der Waals surface area contributed by atoms with Crippen LogP contribution in [-0.2, 0) is 5.41 Å².